The number of benzene rings is 3. The number of esters is 1. The van der Waals surface area contributed by atoms with Crippen LogP contribution < -0.4 is 0 Å². The molecule has 5 nitrogen and oxygen atoms in total. The van der Waals surface area contributed by atoms with Gasteiger partial charge in [0, 0.05) is 29.8 Å². The molecule has 1 fully saturated rings. The van der Waals surface area contributed by atoms with Crippen molar-refractivity contribution in [3.05, 3.63) is 101 Å². The Hall–Kier alpha value is -3.38. The number of ether oxygens (including phenoxy) is 1. The smallest absolute Gasteiger partial charge is 0.315 e. The number of carbonyl (C=O) groups excluding carboxylic acids is 3. The molecule has 1 aliphatic rings. The van der Waals surface area contributed by atoms with E-state index in [1.807, 2.05) is 66.4 Å². The Balaban J connectivity index is 1.51. The molecule has 180 valence electrons. The van der Waals surface area contributed by atoms with Crippen LogP contribution in [0.4, 0.5) is 0 Å². The highest BCUT2D eigenvalue weighted by Gasteiger charge is 2.27. The number of thioether (sulfide) groups is 1. The van der Waals surface area contributed by atoms with Crippen LogP contribution >= 0.6 is 11.8 Å². The summed E-state index contributed by atoms with van der Waals surface area (Å²) in [5, 5.41) is 0. The average Bonchev–Trinajstić information content (AvgIpc) is 3.74. The molecule has 4 rings (SSSR count). The van der Waals surface area contributed by atoms with Crippen LogP contribution in [0.3, 0.4) is 0 Å². The Morgan fingerprint density at radius 2 is 1.69 bits per heavy atom. The van der Waals surface area contributed by atoms with Gasteiger partial charge in [-0.2, -0.15) is 0 Å². The molecule has 1 atom stereocenters. The van der Waals surface area contributed by atoms with Crippen molar-refractivity contribution >= 4 is 29.9 Å². The van der Waals surface area contributed by atoms with Gasteiger partial charge in [0.25, 0.3) is 5.91 Å². The highest BCUT2D eigenvalue weighted by atomic mass is 32.2. The van der Waals surface area contributed by atoms with Crippen molar-refractivity contribution in [1.82, 2.24) is 4.90 Å². The quantitative estimate of drug-likeness (QED) is 0.200. The average molecular weight is 488 g/mol. The molecule has 0 saturated heterocycles. The van der Waals surface area contributed by atoms with Crippen LogP contribution in [0.1, 0.15) is 50.6 Å². The van der Waals surface area contributed by atoms with Gasteiger partial charge in [-0.1, -0.05) is 60.7 Å². The number of amides is 1. The largest absolute Gasteiger partial charge is 0.460 e. The molecule has 1 unspecified atom stereocenters. The maximum absolute atomic E-state index is 13.2. The number of likely N-dealkylation sites (N-methyl/N-ethyl adjacent to an activating group) is 1. The van der Waals surface area contributed by atoms with E-state index < -0.39 is 11.9 Å². The highest BCUT2D eigenvalue weighted by molar-refractivity contribution is 7.99. The molecule has 0 aromatic heterocycles. The van der Waals surface area contributed by atoms with E-state index in [0.717, 1.165) is 22.8 Å². The van der Waals surface area contributed by atoms with Crippen LogP contribution in [0.25, 0.3) is 0 Å². The van der Waals surface area contributed by atoms with Crippen molar-refractivity contribution in [1.29, 1.82) is 0 Å². The van der Waals surface area contributed by atoms with E-state index in [9.17, 15) is 14.4 Å². The molecule has 3 aromatic carbocycles. The van der Waals surface area contributed by atoms with E-state index in [0.29, 0.717) is 17.4 Å². The monoisotopic (exact) mass is 487 g/mol. The first-order valence-electron chi connectivity index (χ1n) is 11.8. The molecule has 1 saturated carbocycles. The molecule has 0 heterocycles. The van der Waals surface area contributed by atoms with E-state index in [1.165, 1.54) is 22.6 Å². The van der Waals surface area contributed by atoms with Gasteiger partial charge in [0.05, 0.1) is 11.5 Å². The standard InChI is InChI=1S/C29H29NO4S/c1-30(28(32)26-10-6-5-9-24(26)18-31)17-27(29(33)34-19-21-7-3-2-4-8-21)23-13-15-25(16-14-23)35-20-22-11-12-22/h2-10,13-16,18,22,27H,11-12,17,19-20H2,1H3. The van der Waals surface area contributed by atoms with Gasteiger partial charge in [0.15, 0.2) is 6.29 Å². The number of hydrogen-bond acceptors (Lipinski definition) is 5. The fraction of sp³-hybridized carbons (Fsp3) is 0.276. The molecule has 0 radical (unpaired) electrons. The van der Waals surface area contributed by atoms with Gasteiger partial charge in [0.2, 0.25) is 0 Å². The number of rotatable bonds is 11. The molecule has 1 aliphatic carbocycles. The van der Waals surface area contributed by atoms with Crippen LogP contribution in [-0.2, 0) is 16.1 Å². The van der Waals surface area contributed by atoms with Crippen LogP contribution in [0.2, 0.25) is 0 Å². The summed E-state index contributed by atoms with van der Waals surface area (Å²) in [5.74, 6) is 0.587. The predicted octanol–water partition coefficient (Wildman–Crippen LogP) is 5.60. The maximum Gasteiger partial charge on any atom is 0.315 e. The molecular weight excluding hydrogens is 458 g/mol. The van der Waals surface area contributed by atoms with Crippen LogP contribution in [0, 0.1) is 5.92 Å². The number of hydrogen-bond donors (Lipinski definition) is 0. The fourth-order valence-corrected chi connectivity index (χ4v) is 4.89. The first-order chi connectivity index (χ1) is 17.0. The molecule has 35 heavy (non-hydrogen) atoms. The van der Waals surface area contributed by atoms with E-state index in [2.05, 4.69) is 0 Å². The van der Waals surface area contributed by atoms with Gasteiger partial charge in [-0.15, -0.1) is 11.8 Å². The molecule has 1 amide bonds. The number of carbonyl (C=O) groups is 3. The lowest BCUT2D eigenvalue weighted by molar-refractivity contribution is -0.147. The van der Waals surface area contributed by atoms with Gasteiger partial charge < -0.3 is 9.64 Å². The zero-order valence-electron chi connectivity index (χ0n) is 19.8. The van der Waals surface area contributed by atoms with Crippen molar-refractivity contribution in [2.24, 2.45) is 5.92 Å². The molecule has 6 heteroatoms. The summed E-state index contributed by atoms with van der Waals surface area (Å²) < 4.78 is 5.66. The maximum atomic E-state index is 13.2. The first kappa shape index (κ1) is 24.7. The van der Waals surface area contributed by atoms with Crippen molar-refractivity contribution in [3.8, 4) is 0 Å². The Morgan fingerprint density at radius 1 is 1.00 bits per heavy atom. The van der Waals surface area contributed by atoms with Crippen molar-refractivity contribution in [2.75, 3.05) is 19.3 Å². The lowest BCUT2D eigenvalue weighted by atomic mass is 9.98. The molecule has 0 bridgehead atoms. The molecule has 0 N–H and O–H groups in total. The second kappa shape index (κ2) is 11.8. The zero-order valence-corrected chi connectivity index (χ0v) is 20.6. The normalized spacial score (nSPS) is 13.6. The summed E-state index contributed by atoms with van der Waals surface area (Å²) in [6, 6.07) is 24.1. The van der Waals surface area contributed by atoms with Gasteiger partial charge in [-0.25, -0.2) is 0 Å². The predicted molar refractivity (Wildman–Crippen MR) is 138 cm³/mol. The lowest BCUT2D eigenvalue weighted by Gasteiger charge is -2.24. The Labute approximate surface area is 210 Å². The Bertz CT molecular complexity index is 1160. The third-order valence-electron chi connectivity index (χ3n) is 6.09. The zero-order chi connectivity index (χ0) is 24.6. The summed E-state index contributed by atoms with van der Waals surface area (Å²) in [4.78, 5) is 40.4. The molecule has 0 aliphatic heterocycles. The van der Waals surface area contributed by atoms with Gasteiger partial charge in [0.1, 0.15) is 6.61 Å². The second-order valence-electron chi connectivity index (χ2n) is 8.86. The van der Waals surface area contributed by atoms with Gasteiger partial charge in [-0.05, 0) is 48.1 Å². The van der Waals surface area contributed by atoms with Crippen molar-refractivity contribution in [2.45, 2.75) is 30.3 Å². The lowest BCUT2D eigenvalue weighted by Crippen LogP contribution is -2.35. The third kappa shape index (κ3) is 6.83. The van der Waals surface area contributed by atoms with Crippen LogP contribution in [0.5, 0.6) is 0 Å². The Kier molecular flexibility index (Phi) is 8.37. The summed E-state index contributed by atoms with van der Waals surface area (Å²) in [6.45, 7) is 0.297. The molecular formula is C29H29NO4S. The van der Waals surface area contributed by atoms with E-state index in [4.69, 9.17) is 4.74 Å². The second-order valence-corrected chi connectivity index (χ2v) is 9.95. The summed E-state index contributed by atoms with van der Waals surface area (Å²) in [6.07, 6.45) is 3.30. The van der Waals surface area contributed by atoms with Crippen molar-refractivity contribution in [3.63, 3.8) is 0 Å². The topological polar surface area (TPSA) is 63.7 Å². The summed E-state index contributed by atoms with van der Waals surface area (Å²) in [7, 11) is 1.64. The van der Waals surface area contributed by atoms with Crippen molar-refractivity contribution < 1.29 is 19.1 Å². The van der Waals surface area contributed by atoms with Gasteiger partial charge in [-0.3, -0.25) is 14.4 Å². The van der Waals surface area contributed by atoms with Crippen LogP contribution in [0.15, 0.2) is 83.8 Å². The minimum Gasteiger partial charge on any atom is -0.460 e. The summed E-state index contributed by atoms with van der Waals surface area (Å²) in [5.41, 5.74) is 2.33. The Morgan fingerprint density at radius 3 is 2.37 bits per heavy atom. The minimum absolute atomic E-state index is 0.133. The SMILES string of the molecule is CN(CC(C(=O)OCc1ccccc1)c1ccc(SCC2CC2)cc1)C(=O)c1ccccc1C=O. The highest BCUT2D eigenvalue weighted by Crippen LogP contribution is 2.35. The molecule has 3 aromatic rings. The summed E-state index contributed by atoms with van der Waals surface area (Å²) >= 11 is 1.83. The third-order valence-corrected chi connectivity index (χ3v) is 7.34. The van der Waals surface area contributed by atoms with Crippen LogP contribution in [-0.4, -0.2) is 42.4 Å². The van der Waals surface area contributed by atoms with E-state index in [1.54, 1.807) is 31.3 Å². The number of aldehydes is 1. The first-order valence-corrected chi connectivity index (χ1v) is 12.8. The minimum atomic E-state index is -0.654. The van der Waals surface area contributed by atoms with E-state index in [-0.39, 0.29) is 19.1 Å². The van der Waals surface area contributed by atoms with Gasteiger partial charge >= 0.3 is 5.97 Å². The van der Waals surface area contributed by atoms with E-state index >= 15 is 0 Å². The molecule has 0 spiro atoms. The number of nitrogens with zero attached hydrogens (tertiary/aromatic N) is 1. The fourth-order valence-electron chi connectivity index (χ4n) is 3.80.